The lowest BCUT2D eigenvalue weighted by atomic mass is 9.67. The summed E-state index contributed by atoms with van der Waals surface area (Å²) in [7, 11) is 0. The van der Waals surface area contributed by atoms with Crippen molar-refractivity contribution >= 4 is 5.97 Å². The van der Waals surface area contributed by atoms with Crippen LogP contribution in [0.3, 0.4) is 0 Å². The van der Waals surface area contributed by atoms with Gasteiger partial charge in [0.2, 0.25) is 0 Å². The van der Waals surface area contributed by atoms with Crippen molar-refractivity contribution in [2.24, 2.45) is 23.2 Å². The van der Waals surface area contributed by atoms with Crippen LogP contribution in [0.4, 0.5) is 0 Å². The first-order valence-corrected chi connectivity index (χ1v) is 4.81. The smallest absolute Gasteiger partial charge is 0.309 e. The van der Waals surface area contributed by atoms with Gasteiger partial charge in [-0.05, 0) is 24.7 Å². The second-order valence-electron chi connectivity index (χ2n) is 5.12. The summed E-state index contributed by atoms with van der Waals surface area (Å²) in [5, 5.41) is 0. The minimum Gasteiger partial charge on any atom is -0.461 e. The largest absolute Gasteiger partial charge is 0.461 e. The molecule has 2 aliphatic carbocycles. The third kappa shape index (κ3) is 0.540. The molecule has 4 atom stereocenters. The van der Waals surface area contributed by atoms with Crippen LogP contribution in [0.1, 0.15) is 26.7 Å². The van der Waals surface area contributed by atoms with Crippen LogP contribution in [-0.2, 0) is 9.53 Å². The molecule has 4 aliphatic rings. The number of ether oxygens (including phenoxy) is 1. The van der Waals surface area contributed by atoms with Crippen LogP contribution in [0.15, 0.2) is 0 Å². The predicted molar refractivity (Wildman–Crippen MR) is 43.4 cm³/mol. The van der Waals surface area contributed by atoms with Gasteiger partial charge in [0.05, 0.1) is 5.92 Å². The van der Waals surface area contributed by atoms with Gasteiger partial charge in [0.25, 0.3) is 0 Å². The van der Waals surface area contributed by atoms with Crippen LogP contribution in [0.25, 0.3) is 0 Å². The molecule has 2 saturated heterocycles. The van der Waals surface area contributed by atoms with E-state index in [4.69, 9.17) is 4.74 Å². The Morgan fingerprint density at radius 3 is 2.67 bits per heavy atom. The van der Waals surface area contributed by atoms with E-state index in [-0.39, 0.29) is 23.4 Å². The lowest BCUT2D eigenvalue weighted by Crippen LogP contribution is -2.51. The van der Waals surface area contributed by atoms with Gasteiger partial charge in [0, 0.05) is 5.41 Å². The van der Waals surface area contributed by atoms with E-state index in [1.807, 2.05) is 0 Å². The van der Waals surface area contributed by atoms with Gasteiger partial charge in [0.1, 0.15) is 6.10 Å². The van der Waals surface area contributed by atoms with Crippen molar-refractivity contribution < 1.29 is 9.53 Å². The fourth-order valence-corrected chi connectivity index (χ4v) is 3.69. The summed E-state index contributed by atoms with van der Waals surface area (Å²) in [6, 6.07) is 0. The molecule has 4 rings (SSSR count). The van der Waals surface area contributed by atoms with E-state index < -0.39 is 0 Å². The SMILES string of the molecule is CC1(C)C2CC3CC2C(=O)OC31. The van der Waals surface area contributed by atoms with E-state index in [0.717, 1.165) is 6.42 Å². The first-order chi connectivity index (χ1) is 5.60. The van der Waals surface area contributed by atoms with Crippen LogP contribution in [0.5, 0.6) is 0 Å². The van der Waals surface area contributed by atoms with Gasteiger partial charge in [-0.25, -0.2) is 0 Å². The molecule has 2 nitrogen and oxygen atoms in total. The molecule has 0 amide bonds. The van der Waals surface area contributed by atoms with Gasteiger partial charge in [-0.2, -0.15) is 0 Å². The van der Waals surface area contributed by atoms with Crippen molar-refractivity contribution in [3.8, 4) is 0 Å². The van der Waals surface area contributed by atoms with E-state index in [9.17, 15) is 4.79 Å². The Morgan fingerprint density at radius 1 is 1.42 bits per heavy atom. The summed E-state index contributed by atoms with van der Waals surface area (Å²) >= 11 is 0. The minimum atomic E-state index is 0.0816. The number of hydrogen-bond acceptors (Lipinski definition) is 2. The van der Waals surface area contributed by atoms with Gasteiger partial charge in [-0.3, -0.25) is 4.79 Å². The van der Waals surface area contributed by atoms with Crippen LogP contribution in [0.2, 0.25) is 0 Å². The third-order valence-electron chi connectivity index (χ3n) is 4.26. The number of fused-ring (bicyclic) bond motifs is 1. The highest BCUT2D eigenvalue weighted by Gasteiger charge is 2.65. The molecule has 0 N–H and O–H groups in total. The molecule has 4 bridgehead atoms. The minimum absolute atomic E-state index is 0.0816. The van der Waals surface area contributed by atoms with Crippen LogP contribution in [-0.4, -0.2) is 12.1 Å². The van der Waals surface area contributed by atoms with Gasteiger partial charge >= 0.3 is 5.97 Å². The van der Waals surface area contributed by atoms with Crippen molar-refractivity contribution in [2.45, 2.75) is 32.8 Å². The van der Waals surface area contributed by atoms with E-state index in [1.165, 1.54) is 6.42 Å². The molecule has 0 aromatic rings. The molecule has 2 heterocycles. The van der Waals surface area contributed by atoms with Gasteiger partial charge in [-0.1, -0.05) is 13.8 Å². The Morgan fingerprint density at radius 2 is 2.17 bits per heavy atom. The zero-order valence-corrected chi connectivity index (χ0v) is 7.54. The molecule has 2 heteroatoms. The normalized spacial score (nSPS) is 53.0. The second-order valence-corrected chi connectivity index (χ2v) is 5.12. The Labute approximate surface area is 72.3 Å². The van der Waals surface area contributed by atoms with E-state index in [1.54, 1.807) is 0 Å². The van der Waals surface area contributed by atoms with E-state index >= 15 is 0 Å². The zero-order chi connectivity index (χ0) is 8.51. The van der Waals surface area contributed by atoms with Gasteiger partial charge in [-0.15, -0.1) is 0 Å². The van der Waals surface area contributed by atoms with Gasteiger partial charge < -0.3 is 4.74 Å². The van der Waals surface area contributed by atoms with Crippen molar-refractivity contribution in [3.63, 3.8) is 0 Å². The summed E-state index contributed by atoms with van der Waals surface area (Å²) in [6.07, 6.45) is 2.58. The lowest BCUT2D eigenvalue weighted by Gasteiger charge is -2.46. The molecular weight excluding hydrogens is 152 g/mol. The monoisotopic (exact) mass is 166 g/mol. The predicted octanol–water partition coefficient (Wildman–Crippen LogP) is 1.59. The third-order valence-corrected chi connectivity index (χ3v) is 4.26. The first-order valence-electron chi connectivity index (χ1n) is 4.81. The molecule has 12 heavy (non-hydrogen) atoms. The summed E-state index contributed by atoms with van der Waals surface area (Å²) in [5.74, 6) is 1.63. The van der Waals surface area contributed by atoms with Crippen LogP contribution < -0.4 is 0 Å². The Bertz CT molecular complexity index is 253. The van der Waals surface area contributed by atoms with Crippen molar-refractivity contribution in [1.82, 2.24) is 0 Å². The molecule has 0 aromatic heterocycles. The number of carbonyl (C=O) groups is 1. The number of carbonyl (C=O) groups excluding carboxylic acids is 1. The molecule has 2 saturated carbocycles. The van der Waals surface area contributed by atoms with Crippen molar-refractivity contribution in [1.29, 1.82) is 0 Å². The Hall–Kier alpha value is -0.530. The van der Waals surface area contributed by atoms with Crippen LogP contribution in [0, 0.1) is 23.2 Å². The summed E-state index contributed by atoms with van der Waals surface area (Å²) < 4.78 is 5.42. The summed E-state index contributed by atoms with van der Waals surface area (Å²) in [6.45, 7) is 4.50. The Kier molecular flexibility index (Phi) is 0.984. The fourth-order valence-electron chi connectivity index (χ4n) is 3.69. The second kappa shape index (κ2) is 1.70. The lowest BCUT2D eigenvalue weighted by molar-refractivity contribution is -0.187. The summed E-state index contributed by atoms with van der Waals surface area (Å²) in [5.41, 5.74) is 0.265. The standard InChI is InChI=1S/C10H14O2/c1-10(2)7-4-5-3-6(7)9(11)12-8(5)10/h5-8H,3-4H2,1-2H3. The maximum atomic E-state index is 11.4. The highest BCUT2D eigenvalue weighted by atomic mass is 16.5. The molecule has 4 unspecified atom stereocenters. The molecular formula is C10H14O2. The zero-order valence-electron chi connectivity index (χ0n) is 7.54. The molecule has 4 fully saturated rings. The van der Waals surface area contributed by atoms with Crippen molar-refractivity contribution in [3.05, 3.63) is 0 Å². The highest BCUT2D eigenvalue weighted by molar-refractivity contribution is 5.76. The molecule has 2 aliphatic heterocycles. The number of hydrogen-bond donors (Lipinski definition) is 0. The molecule has 0 spiro atoms. The summed E-state index contributed by atoms with van der Waals surface area (Å²) in [4.78, 5) is 11.4. The number of rotatable bonds is 0. The van der Waals surface area contributed by atoms with E-state index in [0.29, 0.717) is 11.8 Å². The Balaban J connectivity index is 2.08. The first kappa shape index (κ1) is 6.93. The quantitative estimate of drug-likeness (QED) is 0.511. The fraction of sp³-hybridized carbons (Fsp3) is 0.900. The topological polar surface area (TPSA) is 26.3 Å². The van der Waals surface area contributed by atoms with Crippen molar-refractivity contribution in [2.75, 3.05) is 0 Å². The molecule has 0 aromatic carbocycles. The van der Waals surface area contributed by atoms with E-state index in [2.05, 4.69) is 13.8 Å². The maximum absolute atomic E-state index is 11.4. The number of esters is 1. The van der Waals surface area contributed by atoms with Gasteiger partial charge in [0.15, 0.2) is 0 Å². The van der Waals surface area contributed by atoms with Crippen LogP contribution >= 0.6 is 0 Å². The average Bonchev–Trinajstić information content (AvgIpc) is 2.45. The highest BCUT2D eigenvalue weighted by Crippen LogP contribution is 2.62. The molecule has 66 valence electrons. The average molecular weight is 166 g/mol. The molecule has 0 radical (unpaired) electrons. The maximum Gasteiger partial charge on any atom is 0.309 e.